The molecule has 2 heterocycles. The van der Waals surface area contributed by atoms with Gasteiger partial charge in [-0.05, 0) is 19.1 Å². The summed E-state index contributed by atoms with van der Waals surface area (Å²) >= 11 is 0. The molecule has 0 aliphatic carbocycles. The van der Waals surface area contributed by atoms with Crippen LogP contribution in [0.1, 0.15) is 6.92 Å². The van der Waals surface area contributed by atoms with Gasteiger partial charge in [0, 0.05) is 17.7 Å². The third-order valence-corrected chi connectivity index (χ3v) is 4.51. The number of nitrogens with zero attached hydrogens (tertiary/aromatic N) is 2. The molecule has 7 nitrogen and oxygen atoms in total. The van der Waals surface area contributed by atoms with Gasteiger partial charge in [-0.25, -0.2) is 9.78 Å². The zero-order valence-corrected chi connectivity index (χ0v) is 14.1. The van der Waals surface area contributed by atoms with Gasteiger partial charge in [-0.1, -0.05) is 19.6 Å². The monoisotopic (exact) mass is 328 g/mol. The lowest BCUT2D eigenvalue weighted by molar-refractivity contribution is 0.0966. The van der Waals surface area contributed by atoms with Gasteiger partial charge in [-0.15, -0.1) is 5.53 Å². The van der Waals surface area contributed by atoms with Crippen LogP contribution < -0.4 is 16.0 Å². The van der Waals surface area contributed by atoms with E-state index in [0.717, 1.165) is 5.32 Å². The topological polar surface area (TPSA) is 86.7 Å². The fourth-order valence-electron chi connectivity index (χ4n) is 1.51. The van der Waals surface area contributed by atoms with Crippen LogP contribution in [0.2, 0.25) is 19.6 Å². The molecule has 0 atom stereocenters. The molecule has 2 rings (SSSR count). The van der Waals surface area contributed by atoms with Crippen molar-refractivity contribution < 1.29 is 19.0 Å². The molecule has 0 amide bonds. The highest BCUT2D eigenvalue weighted by Gasteiger charge is 2.26. The van der Waals surface area contributed by atoms with Crippen molar-refractivity contribution >= 4 is 19.9 Å². The molecule has 3 N–H and O–H groups in total. The summed E-state index contributed by atoms with van der Waals surface area (Å²) in [5.74, 6) is -0.482. The highest BCUT2D eigenvalue weighted by atomic mass is 28.3. The summed E-state index contributed by atoms with van der Waals surface area (Å²) in [7, 11) is -1.41. The Bertz CT molecular complexity index is 548. The maximum absolute atomic E-state index is 13.4. The number of carbonyl (C=O) groups is 1. The van der Waals surface area contributed by atoms with E-state index in [2.05, 4.69) is 40.3 Å². The van der Waals surface area contributed by atoms with Crippen molar-refractivity contribution in [1.29, 1.82) is 0 Å². The smallest absolute Gasteiger partial charge is 0.450 e. The lowest BCUT2D eigenvalue weighted by atomic mass is 10.4. The maximum Gasteiger partial charge on any atom is 0.505 e. The number of hydrogen-bond acceptors (Lipinski definition) is 6. The Morgan fingerprint density at radius 2 is 2.18 bits per heavy atom. The standard InChI is InChI=1S/C10H15FN4Si.C3H6O3/c1-16(2,3)9-7-15(14-13-9)8-5-4-6-12-10(8)11;1-2-6-3(4)5/h4-7,13-14H,1-3H3;2H2,1H3,(H,4,5). The minimum atomic E-state index is -1.41. The van der Waals surface area contributed by atoms with E-state index >= 15 is 0 Å². The van der Waals surface area contributed by atoms with Crippen LogP contribution in [0.4, 0.5) is 14.9 Å². The Hall–Kier alpha value is -2.13. The number of carboxylic acid groups (broad SMARTS) is 1. The van der Waals surface area contributed by atoms with Gasteiger partial charge in [0.1, 0.15) is 13.8 Å². The lowest BCUT2D eigenvalue weighted by Gasteiger charge is -2.16. The summed E-state index contributed by atoms with van der Waals surface area (Å²) in [6.07, 6.45) is 2.12. The molecule has 9 heteroatoms. The molecule has 122 valence electrons. The van der Waals surface area contributed by atoms with Crippen molar-refractivity contribution in [3.8, 4) is 0 Å². The van der Waals surface area contributed by atoms with Gasteiger partial charge in [0.2, 0.25) is 5.95 Å². The van der Waals surface area contributed by atoms with Crippen LogP contribution in [0.15, 0.2) is 29.8 Å². The fraction of sp³-hybridized carbons (Fsp3) is 0.385. The van der Waals surface area contributed by atoms with Crippen LogP contribution >= 0.6 is 0 Å². The highest BCUT2D eigenvalue weighted by molar-refractivity contribution is 6.83. The molecule has 0 spiro atoms. The molecular formula is C13H21FN4O3Si. The molecule has 1 aliphatic rings. The summed E-state index contributed by atoms with van der Waals surface area (Å²) < 4.78 is 17.4. The molecule has 0 aromatic carbocycles. The second-order valence-corrected chi connectivity index (χ2v) is 10.5. The first-order valence-corrected chi connectivity index (χ1v) is 10.2. The fourth-order valence-corrected chi connectivity index (χ4v) is 2.45. The average molecular weight is 328 g/mol. The first kappa shape index (κ1) is 17.9. The van der Waals surface area contributed by atoms with Gasteiger partial charge < -0.3 is 15.3 Å². The van der Waals surface area contributed by atoms with E-state index in [1.807, 2.05) is 6.20 Å². The summed E-state index contributed by atoms with van der Waals surface area (Å²) in [6.45, 7) is 8.51. The Morgan fingerprint density at radius 3 is 2.59 bits per heavy atom. The van der Waals surface area contributed by atoms with Gasteiger partial charge in [-0.3, -0.25) is 5.01 Å². The number of pyridine rings is 1. The predicted octanol–water partition coefficient (Wildman–Crippen LogP) is 2.47. The summed E-state index contributed by atoms with van der Waals surface area (Å²) in [4.78, 5) is 13.0. The van der Waals surface area contributed by atoms with E-state index < -0.39 is 20.2 Å². The Morgan fingerprint density at radius 1 is 1.50 bits per heavy atom. The SMILES string of the molecule is CCOC(=O)O.C[Si](C)(C)C1=CN(c2cccnc2F)NN1. The molecule has 0 unspecified atom stereocenters. The maximum atomic E-state index is 13.4. The highest BCUT2D eigenvalue weighted by Crippen LogP contribution is 2.21. The quantitative estimate of drug-likeness (QED) is 0.446. The molecule has 1 aromatic rings. The number of rotatable bonds is 3. The van der Waals surface area contributed by atoms with Gasteiger partial charge >= 0.3 is 6.16 Å². The van der Waals surface area contributed by atoms with Crippen molar-refractivity contribution in [2.45, 2.75) is 26.6 Å². The lowest BCUT2D eigenvalue weighted by Crippen LogP contribution is -2.40. The van der Waals surface area contributed by atoms with E-state index in [1.54, 1.807) is 24.1 Å². The second kappa shape index (κ2) is 7.76. The molecular weight excluding hydrogens is 307 g/mol. The Kier molecular flexibility index (Phi) is 6.32. The van der Waals surface area contributed by atoms with Gasteiger partial charge in [-0.2, -0.15) is 4.39 Å². The molecule has 22 heavy (non-hydrogen) atoms. The number of halogens is 1. The van der Waals surface area contributed by atoms with Crippen molar-refractivity contribution in [2.75, 3.05) is 11.6 Å². The average Bonchev–Trinajstić information content (AvgIpc) is 2.89. The molecule has 1 aliphatic heterocycles. The number of aromatic nitrogens is 1. The van der Waals surface area contributed by atoms with Crippen molar-refractivity contribution in [3.05, 3.63) is 35.8 Å². The normalized spacial score (nSPS) is 13.7. The zero-order chi connectivity index (χ0) is 16.8. The summed E-state index contributed by atoms with van der Waals surface area (Å²) in [5, 5.41) is 10.4. The summed E-state index contributed by atoms with van der Waals surface area (Å²) in [5.41, 5.74) is 6.41. The van der Waals surface area contributed by atoms with E-state index in [1.165, 1.54) is 6.20 Å². The van der Waals surface area contributed by atoms with Crippen molar-refractivity contribution in [2.24, 2.45) is 0 Å². The van der Waals surface area contributed by atoms with Crippen molar-refractivity contribution in [3.63, 3.8) is 0 Å². The van der Waals surface area contributed by atoms with Gasteiger partial charge in [0.05, 0.1) is 6.61 Å². The van der Waals surface area contributed by atoms with Crippen LogP contribution in [0, 0.1) is 5.95 Å². The van der Waals surface area contributed by atoms with Gasteiger partial charge in [0.15, 0.2) is 0 Å². The van der Waals surface area contributed by atoms with E-state index in [0.29, 0.717) is 5.69 Å². The third-order valence-electron chi connectivity index (χ3n) is 2.64. The predicted molar refractivity (Wildman–Crippen MR) is 84.0 cm³/mol. The first-order chi connectivity index (χ1) is 10.3. The number of hydrazine groups is 2. The molecule has 0 saturated carbocycles. The summed E-state index contributed by atoms with van der Waals surface area (Å²) in [6, 6.07) is 3.39. The van der Waals surface area contributed by atoms with Crippen molar-refractivity contribution in [1.82, 2.24) is 15.9 Å². The van der Waals surface area contributed by atoms with E-state index in [9.17, 15) is 9.18 Å². The molecule has 1 aromatic heterocycles. The number of anilines is 1. The Balaban J connectivity index is 0.000000346. The van der Waals surface area contributed by atoms with Crippen LogP contribution in [0.5, 0.6) is 0 Å². The minimum Gasteiger partial charge on any atom is -0.450 e. The third kappa shape index (κ3) is 5.33. The van der Waals surface area contributed by atoms with Gasteiger partial charge in [0.25, 0.3) is 0 Å². The Labute approximate surface area is 129 Å². The van der Waals surface area contributed by atoms with Crippen LogP contribution in [-0.4, -0.2) is 30.9 Å². The number of ether oxygens (including phenoxy) is 1. The van der Waals surface area contributed by atoms with E-state index in [4.69, 9.17) is 5.11 Å². The first-order valence-electron chi connectivity index (χ1n) is 6.75. The molecule has 0 radical (unpaired) electrons. The number of nitrogens with one attached hydrogen (secondary N) is 2. The molecule has 0 fully saturated rings. The van der Waals surface area contributed by atoms with Crippen LogP contribution in [0.25, 0.3) is 0 Å². The number of hydrogen-bond donors (Lipinski definition) is 3. The van der Waals surface area contributed by atoms with Crippen LogP contribution in [0.3, 0.4) is 0 Å². The zero-order valence-electron chi connectivity index (χ0n) is 13.1. The second-order valence-electron chi connectivity index (χ2n) is 5.41. The largest absolute Gasteiger partial charge is 0.505 e. The van der Waals surface area contributed by atoms with Crippen LogP contribution in [-0.2, 0) is 4.74 Å². The molecule has 0 bridgehead atoms. The van der Waals surface area contributed by atoms with E-state index in [-0.39, 0.29) is 6.61 Å². The minimum absolute atomic E-state index is 0.231. The molecule has 0 saturated heterocycles.